The van der Waals surface area contributed by atoms with Gasteiger partial charge in [-0.25, -0.2) is 0 Å². The first kappa shape index (κ1) is 8.40. The van der Waals surface area contributed by atoms with Crippen LogP contribution >= 0.6 is 0 Å². The molecule has 1 aliphatic heterocycles. The Morgan fingerprint density at radius 1 is 1.55 bits per heavy atom. The van der Waals surface area contributed by atoms with Gasteiger partial charge in [0.25, 0.3) is 0 Å². The van der Waals surface area contributed by atoms with E-state index in [1.807, 2.05) is 13.8 Å². The number of rotatable bonds is 3. The fourth-order valence-corrected chi connectivity index (χ4v) is 0.958. The molecule has 0 spiro atoms. The molecule has 0 atom stereocenters. The third kappa shape index (κ3) is 2.42. The van der Waals surface area contributed by atoms with Crippen molar-refractivity contribution >= 4 is 0 Å². The lowest BCUT2D eigenvalue weighted by molar-refractivity contribution is -0.117. The zero-order valence-electron chi connectivity index (χ0n) is 7.09. The molecule has 0 aromatic carbocycles. The predicted octanol–water partition coefficient (Wildman–Crippen LogP) is 1.35. The van der Waals surface area contributed by atoms with Gasteiger partial charge in [0.05, 0.1) is 0 Å². The van der Waals surface area contributed by atoms with Crippen molar-refractivity contribution in [2.75, 3.05) is 6.54 Å². The van der Waals surface area contributed by atoms with Crippen LogP contribution in [0, 0.1) is 0 Å². The molecule has 0 aliphatic carbocycles. The van der Waals surface area contributed by atoms with Gasteiger partial charge in [0.15, 0.2) is 0 Å². The molecule has 0 fully saturated rings. The normalized spacial score (nSPS) is 20.5. The van der Waals surface area contributed by atoms with E-state index >= 15 is 0 Å². The molecule has 0 radical (unpaired) electrons. The number of hydrogen-bond donors (Lipinski definition) is 1. The van der Waals surface area contributed by atoms with Gasteiger partial charge in [-0.15, -0.1) is 0 Å². The van der Waals surface area contributed by atoms with Crippen molar-refractivity contribution < 1.29 is 9.47 Å². The molecule has 3 nitrogen and oxygen atoms in total. The van der Waals surface area contributed by atoms with Crippen LogP contribution in [0.15, 0.2) is 12.0 Å². The standard InChI is InChI=1S/C8H15NO2/c1-8(2)10-6-7(11-8)4-3-5-9/h6H,3-5,9H2,1-2H3. The van der Waals surface area contributed by atoms with E-state index < -0.39 is 5.79 Å². The Bertz CT molecular complexity index is 163. The molecule has 0 amide bonds. The molecule has 2 N–H and O–H groups in total. The van der Waals surface area contributed by atoms with Crippen molar-refractivity contribution in [1.29, 1.82) is 0 Å². The van der Waals surface area contributed by atoms with E-state index in [-0.39, 0.29) is 0 Å². The van der Waals surface area contributed by atoms with Crippen LogP contribution in [0.1, 0.15) is 26.7 Å². The summed E-state index contributed by atoms with van der Waals surface area (Å²) in [6.07, 6.45) is 3.50. The highest BCUT2D eigenvalue weighted by Gasteiger charge is 2.26. The lowest BCUT2D eigenvalue weighted by Gasteiger charge is -2.17. The van der Waals surface area contributed by atoms with E-state index in [4.69, 9.17) is 15.2 Å². The lowest BCUT2D eigenvalue weighted by Crippen LogP contribution is -2.20. The Labute approximate surface area is 67.2 Å². The molecule has 64 valence electrons. The van der Waals surface area contributed by atoms with Crippen molar-refractivity contribution in [3.8, 4) is 0 Å². The van der Waals surface area contributed by atoms with E-state index in [2.05, 4.69) is 0 Å². The van der Waals surface area contributed by atoms with Crippen LogP contribution in [0.2, 0.25) is 0 Å². The van der Waals surface area contributed by atoms with E-state index in [9.17, 15) is 0 Å². The fraction of sp³-hybridized carbons (Fsp3) is 0.750. The topological polar surface area (TPSA) is 44.5 Å². The second-order valence-electron chi connectivity index (χ2n) is 3.10. The summed E-state index contributed by atoms with van der Waals surface area (Å²) in [7, 11) is 0. The van der Waals surface area contributed by atoms with Gasteiger partial charge in [0.2, 0.25) is 5.79 Å². The SMILES string of the molecule is CC1(C)OC=C(CCCN)O1. The molecule has 0 aromatic heterocycles. The molecular weight excluding hydrogens is 142 g/mol. The van der Waals surface area contributed by atoms with Gasteiger partial charge in [0.1, 0.15) is 12.0 Å². The summed E-state index contributed by atoms with van der Waals surface area (Å²) in [5.74, 6) is 0.435. The first-order valence-electron chi connectivity index (χ1n) is 3.90. The summed E-state index contributed by atoms with van der Waals surface area (Å²) in [4.78, 5) is 0. The second-order valence-corrected chi connectivity index (χ2v) is 3.10. The van der Waals surface area contributed by atoms with Gasteiger partial charge in [-0.1, -0.05) is 0 Å². The lowest BCUT2D eigenvalue weighted by atomic mass is 10.3. The van der Waals surface area contributed by atoms with Gasteiger partial charge in [-0.2, -0.15) is 0 Å². The van der Waals surface area contributed by atoms with Gasteiger partial charge in [-0.3, -0.25) is 0 Å². The van der Waals surface area contributed by atoms with Crippen molar-refractivity contribution in [2.24, 2.45) is 5.73 Å². The molecule has 0 unspecified atom stereocenters. The summed E-state index contributed by atoms with van der Waals surface area (Å²) in [6, 6.07) is 0. The third-order valence-corrected chi connectivity index (χ3v) is 1.48. The summed E-state index contributed by atoms with van der Waals surface area (Å²) in [6.45, 7) is 4.47. The highest BCUT2D eigenvalue weighted by Crippen LogP contribution is 2.26. The molecule has 0 aromatic rings. The number of ether oxygens (including phenoxy) is 2. The second kappa shape index (κ2) is 3.13. The molecule has 0 saturated carbocycles. The highest BCUT2D eigenvalue weighted by molar-refractivity contribution is 4.94. The summed E-state index contributed by atoms with van der Waals surface area (Å²) >= 11 is 0. The van der Waals surface area contributed by atoms with E-state index in [1.165, 1.54) is 0 Å². The molecule has 1 aliphatic rings. The summed E-state index contributed by atoms with van der Waals surface area (Å²) in [5.41, 5.74) is 5.35. The number of nitrogens with two attached hydrogens (primary N) is 1. The van der Waals surface area contributed by atoms with Gasteiger partial charge in [0, 0.05) is 20.3 Å². The quantitative estimate of drug-likeness (QED) is 0.672. The zero-order chi connectivity index (χ0) is 8.32. The minimum atomic E-state index is -0.468. The predicted molar refractivity (Wildman–Crippen MR) is 42.6 cm³/mol. The van der Waals surface area contributed by atoms with E-state index in [1.54, 1.807) is 6.26 Å². The molecule has 3 heteroatoms. The largest absolute Gasteiger partial charge is 0.457 e. The van der Waals surface area contributed by atoms with Crippen molar-refractivity contribution in [3.63, 3.8) is 0 Å². The van der Waals surface area contributed by atoms with Gasteiger partial charge >= 0.3 is 0 Å². The van der Waals surface area contributed by atoms with Crippen molar-refractivity contribution in [2.45, 2.75) is 32.5 Å². The molecule has 0 saturated heterocycles. The van der Waals surface area contributed by atoms with E-state index in [0.29, 0.717) is 6.54 Å². The van der Waals surface area contributed by atoms with Crippen molar-refractivity contribution in [3.05, 3.63) is 12.0 Å². The monoisotopic (exact) mass is 157 g/mol. The molecule has 1 heterocycles. The maximum atomic E-state index is 5.43. The average molecular weight is 157 g/mol. The Morgan fingerprint density at radius 3 is 2.73 bits per heavy atom. The zero-order valence-corrected chi connectivity index (χ0v) is 7.09. The van der Waals surface area contributed by atoms with Crippen LogP contribution in [0.3, 0.4) is 0 Å². The summed E-state index contributed by atoms with van der Waals surface area (Å²) < 4.78 is 10.7. The Balaban J connectivity index is 2.29. The van der Waals surface area contributed by atoms with E-state index in [0.717, 1.165) is 18.6 Å². The first-order valence-corrected chi connectivity index (χ1v) is 3.90. The molecule has 0 bridgehead atoms. The smallest absolute Gasteiger partial charge is 0.244 e. The molecular formula is C8H15NO2. The van der Waals surface area contributed by atoms with Crippen LogP contribution in [0.25, 0.3) is 0 Å². The Kier molecular flexibility index (Phi) is 2.39. The fourth-order valence-electron chi connectivity index (χ4n) is 0.958. The third-order valence-electron chi connectivity index (χ3n) is 1.48. The number of allylic oxidation sites excluding steroid dienone is 1. The minimum absolute atomic E-state index is 0.468. The molecule has 11 heavy (non-hydrogen) atoms. The first-order chi connectivity index (χ1) is 5.14. The number of hydrogen-bond acceptors (Lipinski definition) is 3. The summed E-state index contributed by atoms with van der Waals surface area (Å²) in [5, 5.41) is 0. The molecule has 1 rings (SSSR count). The Morgan fingerprint density at radius 2 is 2.27 bits per heavy atom. The van der Waals surface area contributed by atoms with Crippen LogP contribution in [0.5, 0.6) is 0 Å². The maximum Gasteiger partial charge on any atom is 0.244 e. The van der Waals surface area contributed by atoms with Crippen molar-refractivity contribution in [1.82, 2.24) is 0 Å². The Hall–Kier alpha value is -0.700. The highest BCUT2D eigenvalue weighted by atomic mass is 16.7. The van der Waals surface area contributed by atoms with Gasteiger partial charge < -0.3 is 15.2 Å². The van der Waals surface area contributed by atoms with Crippen LogP contribution in [-0.4, -0.2) is 12.3 Å². The average Bonchev–Trinajstić information content (AvgIpc) is 2.26. The maximum absolute atomic E-state index is 5.43. The van der Waals surface area contributed by atoms with Gasteiger partial charge in [-0.05, 0) is 13.0 Å². The minimum Gasteiger partial charge on any atom is -0.457 e. The van der Waals surface area contributed by atoms with Crippen LogP contribution in [0.4, 0.5) is 0 Å². The van der Waals surface area contributed by atoms with Crippen LogP contribution < -0.4 is 5.73 Å². The van der Waals surface area contributed by atoms with Crippen LogP contribution in [-0.2, 0) is 9.47 Å².